The average Bonchev–Trinajstić information content (AvgIpc) is 3.11. The zero-order valence-corrected chi connectivity index (χ0v) is 14.6. The molecule has 0 amide bonds. The van der Waals surface area contributed by atoms with Crippen LogP contribution in [0.4, 0.5) is 8.78 Å². The molecular formula is C18H17F2N5O2. The molecule has 0 radical (unpaired) electrons. The number of pyridine rings is 1. The molecule has 0 fully saturated rings. The molecule has 7 nitrogen and oxygen atoms in total. The number of alkyl halides is 2. The molecule has 3 heterocycles. The number of fused-ring (bicyclic) bond motifs is 2. The quantitative estimate of drug-likeness (QED) is 0.706. The maximum absolute atomic E-state index is 13.5. The molecule has 0 bridgehead atoms. The van der Waals surface area contributed by atoms with Crippen molar-refractivity contribution in [1.29, 1.82) is 0 Å². The Hall–Kier alpha value is -2.94. The minimum Gasteiger partial charge on any atom is -0.378 e. The summed E-state index contributed by atoms with van der Waals surface area (Å²) in [7, 11) is 0. The summed E-state index contributed by atoms with van der Waals surface area (Å²) >= 11 is 0. The molecule has 0 spiro atoms. The lowest BCUT2D eigenvalue weighted by atomic mass is 10.0. The lowest BCUT2D eigenvalue weighted by Gasteiger charge is -2.22. The molecule has 0 aliphatic heterocycles. The zero-order valence-electron chi connectivity index (χ0n) is 14.6. The van der Waals surface area contributed by atoms with E-state index < -0.39 is 12.0 Å². The summed E-state index contributed by atoms with van der Waals surface area (Å²) in [5, 5.41) is 10.7. The highest BCUT2D eigenvalue weighted by molar-refractivity contribution is 5.75. The van der Waals surface area contributed by atoms with Crippen LogP contribution in [-0.2, 0) is 18.6 Å². The molecule has 4 rings (SSSR count). The normalized spacial score (nSPS) is 19.0. The first kappa shape index (κ1) is 17.5. The summed E-state index contributed by atoms with van der Waals surface area (Å²) in [5.41, 5.74) is -1.79. The van der Waals surface area contributed by atoms with Crippen LogP contribution in [0.25, 0.3) is 16.9 Å². The third kappa shape index (κ3) is 2.49. The van der Waals surface area contributed by atoms with Crippen LogP contribution in [0.1, 0.15) is 23.5 Å². The molecule has 9 heteroatoms. The first-order valence-corrected chi connectivity index (χ1v) is 8.44. The van der Waals surface area contributed by atoms with Crippen LogP contribution >= 0.6 is 0 Å². The van der Waals surface area contributed by atoms with E-state index in [1.54, 1.807) is 25.1 Å². The Morgan fingerprint density at radius 3 is 2.89 bits per heavy atom. The van der Waals surface area contributed by atoms with Crippen LogP contribution in [0.3, 0.4) is 0 Å². The number of aryl methyl sites for hydroxylation is 2. The monoisotopic (exact) mass is 373 g/mol. The SMILES string of the molecule is C=CCn1c(=O)c2cnc(C)nc2n1-c1ccc2c(n1)C(O)(C(F)F)CC2. The van der Waals surface area contributed by atoms with Crippen molar-refractivity contribution in [2.45, 2.75) is 38.3 Å². The van der Waals surface area contributed by atoms with Gasteiger partial charge in [0, 0.05) is 6.20 Å². The van der Waals surface area contributed by atoms with Gasteiger partial charge in [-0.1, -0.05) is 12.1 Å². The fourth-order valence-corrected chi connectivity index (χ4v) is 3.46. The fourth-order valence-electron chi connectivity index (χ4n) is 3.46. The van der Waals surface area contributed by atoms with Crippen molar-refractivity contribution in [3.8, 4) is 5.82 Å². The largest absolute Gasteiger partial charge is 0.378 e. The van der Waals surface area contributed by atoms with E-state index in [4.69, 9.17) is 0 Å². The molecule has 1 unspecified atom stereocenters. The molecule has 3 aromatic heterocycles. The second-order valence-electron chi connectivity index (χ2n) is 6.54. The third-order valence-electron chi connectivity index (χ3n) is 4.83. The molecule has 3 aromatic rings. The van der Waals surface area contributed by atoms with E-state index in [1.165, 1.54) is 15.6 Å². The Morgan fingerprint density at radius 1 is 1.41 bits per heavy atom. The van der Waals surface area contributed by atoms with E-state index in [1.807, 2.05) is 0 Å². The zero-order chi connectivity index (χ0) is 19.3. The van der Waals surface area contributed by atoms with Crippen molar-refractivity contribution in [3.05, 3.63) is 58.4 Å². The van der Waals surface area contributed by atoms with Gasteiger partial charge >= 0.3 is 0 Å². The van der Waals surface area contributed by atoms with Gasteiger partial charge in [-0.25, -0.2) is 33.1 Å². The van der Waals surface area contributed by atoms with Gasteiger partial charge in [-0.3, -0.25) is 4.79 Å². The number of hydrogen-bond acceptors (Lipinski definition) is 5. The van der Waals surface area contributed by atoms with Gasteiger partial charge in [0.25, 0.3) is 12.0 Å². The highest BCUT2D eigenvalue weighted by atomic mass is 19.3. The van der Waals surface area contributed by atoms with Gasteiger partial charge in [0.15, 0.2) is 17.1 Å². The van der Waals surface area contributed by atoms with Crippen molar-refractivity contribution in [2.75, 3.05) is 0 Å². The van der Waals surface area contributed by atoms with E-state index in [-0.39, 0.29) is 35.4 Å². The van der Waals surface area contributed by atoms with Crippen LogP contribution in [0.15, 0.2) is 35.8 Å². The maximum Gasteiger partial charge on any atom is 0.278 e. The summed E-state index contributed by atoms with van der Waals surface area (Å²) in [6, 6.07) is 3.28. The predicted octanol–water partition coefficient (Wildman–Crippen LogP) is 1.87. The Kier molecular flexibility index (Phi) is 3.92. The molecule has 1 aliphatic rings. The number of halogens is 2. The summed E-state index contributed by atoms with van der Waals surface area (Å²) in [6.45, 7) is 5.51. The summed E-state index contributed by atoms with van der Waals surface area (Å²) in [6.07, 6.45) is 0.238. The topological polar surface area (TPSA) is 85.8 Å². The molecule has 0 aromatic carbocycles. The summed E-state index contributed by atoms with van der Waals surface area (Å²) < 4.78 is 29.7. The minimum atomic E-state index is -2.96. The van der Waals surface area contributed by atoms with E-state index in [2.05, 4.69) is 21.5 Å². The number of hydrogen-bond donors (Lipinski definition) is 1. The van der Waals surface area contributed by atoms with Crippen LogP contribution in [0.2, 0.25) is 0 Å². The lowest BCUT2D eigenvalue weighted by Crippen LogP contribution is -2.33. The molecule has 140 valence electrons. The molecule has 0 saturated heterocycles. The Morgan fingerprint density at radius 2 is 2.19 bits per heavy atom. The number of aliphatic hydroxyl groups is 1. The maximum atomic E-state index is 13.5. The first-order valence-electron chi connectivity index (χ1n) is 8.44. The lowest BCUT2D eigenvalue weighted by molar-refractivity contribution is -0.103. The highest BCUT2D eigenvalue weighted by Crippen LogP contribution is 2.40. The van der Waals surface area contributed by atoms with Gasteiger partial charge < -0.3 is 5.11 Å². The van der Waals surface area contributed by atoms with Gasteiger partial charge in [0.05, 0.1) is 12.2 Å². The Bertz CT molecular complexity index is 1120. The number of aromatic nitrogens is 5. The van der Waals surface area contributed by atoms with E-state index in [9.17, 15) is 18.7 Å². The fraction of sp³-hybridized carbons (Fsp3) is 0.333. The number of allylic oxidation sites excluding steroid dienone is 1. The van der Waals surface area contributed by atoms with Crippen molar-refractivity contribution in [3.63, 3.8) is 0 Å². The van der Waals surface area contributed by atoms with Crippen molar-refractivity contribution < 1.29 is 13.9 Å². The highest BCUT2D eigenvalue weighted by Gasteiger charge is 2.46. The van der Waals surface area contributed by atoms with Crippen LogP contribution in [0, 0.1) is 6.92 Å². The van der Waals surface area contributed by atoms with Crippen molar-refractivity contribution in [1.82, 2.24) is 24.3 Å². The molecule has 1 N–H and O–H groups in total. The predicted molar refractivity (Wildman–Crippen MR) is 94.1 cm³/mol. The standard InChI is InChI=1S/C18H17F2N5O2/c1-3-8-24-16(26)12-9-21-10(2)22-15(12)25(24)13-5-4-11-6-7-18(27,17(19)20)14(11)23-13/h3-5,9,17,27H,1,6-8H2,2H3. The summed E-state index contributed by atoms with van der Waals surface area (Å²) in [5.74, 6) is 0.680. The molecule has 1 aliphatic carbocycles. The Labute approximate surface area is 152 Å². The second-order valence-corrected chi connectivity index (χ2v) is 6.54. The second kappa shape index (κ2) is 6.05. The number of nitrogens with zero attached hydrogens (tertiary/aromatic N) is 5. The van der Waals surface area contributed by atoms with Crippen LogP contribution in [-0.4, -0.2) is 35.8 Å². The van der Waals surface area contributed by atoms with Gasteiger partial charge in [-0.05, 0) is 31.4 Å². The van der Waals surface area contributed by atoms with Crippen molar-refractivity contribution >= 4 is 11.0 Å². The van der Waals surface area contributed by atoms with Gasteiger partial charge in [-0.2, -0.15) is 0 Å². The van der Waals surface area contributed by atoms with Gasteiger partial charge in [0.2, 0.25) is 0 Å². The smallest absolute Gasteiger partial charge is 0.278 e. The average molecular weight is 373 g/mol. The van der Waals surface area contributed by atoms with E-state index >= 15 is 0 Å². The van der Waals surface area contributed by atoms with Crippen molar-refractivity contribution in [2.24, 2.45) is 0 Å². The Balaban J connectivity index is 2.01. The van der Waals surface area contributed by atoms with Gasteiger partial charge in [0.1, 0.15) is 11.2 Å². The summed E-state index contributed by atoms with van der Waals surface area (Å²) in [4.78, 5) is 25.4. The van der Waals surface area contributed by atoms with Crippen LogP contribution in [0.5, 0.6) is 0 Å². The van der Waals surface area contributed by atoms with E-state index in [0.717, 1.165) is 0 Å². The molecular weight excluding hydrogens is 356 g/mol. The number of rotatable bonds is 4. The minimum absolute atomic E-state index is 0.0553. The van der Waals surface area contributed by atoms with E-state index in [0.29, 0.717) is 23.5 Å². The molecule has 27 heavy (non-hydrogen) atoms. The molecule has 1 atom stereocenters. The molecule has 0 saturated carbocycles. The van der Waals surface area contributed by atoms with Crippen LogP contribution < -0.4 is 5.56 Å². The first-order chi connectivity index (χ1) is 12.9. The van der Waals surface area contributed by atoms with Gasteiger partial charge in [-0.15, -0.1) is 6.58 Å². The third-order valence-corrected chi connectivity index (χ3v) is 4.83.